The van der Waals surface area contributed by atoms with Crippen LogP contribution in [0, 0.1) is 5.39 Å². The van der Waals surface area contributed by atoms with Gasteiger partial charge in [0.2, 0.25) is 5.39 Å². The van der Waals surface area contributed by atoms with Crippen molar-refractivity contribution in [3.63, 3.8) is 0 Å². The van der Waals surface area contributed by atoms with E-state index in [1.807, 2.05) is 25.1 Å². The number of benzene rings is 1. The number of nitrogens with zero attached hydrogens (tertiary/aromatic N) is 3. The molecule has 0 heterocycles. The zero-order valence-corrected chi connectivity index (χ0v) is 9.12. The van der Waals surface area contributed by atoms with Gasteiger partial charge in [-0.05, 0) is 6.07 Å². The highest BCUT2D eigenvalue weighted by molar-refractivity contribution is 5.71. The van der Waals surface area contributed by atoms with Gasteiger partial charge in [-0.15, -0.1) is 0 Å². The van der Waals surface area contributed by atoms with Gasteiger partial charge in [-0.3, -0.25) is 0 Å². The normalized spacial score (nSPS) is 8.43. The number of diazo groups is 1. The molecular weight excluding hydrogens is 202 g/mol. The van der Waals surface area contributed by atoms with Gasteiger partial charge in [-0.2, -0.15) is 0 Å². The van der Waals surface area contributed by atoms with Crippen LogP contribution in [0.2, 0.25) is 0 Å². The molecule has 0 aliphatic heterocycles. The zero-order chi connectivity index (χ0) is 9.84. The Hall–Kier alpha value is -1.47. The van der Waals surface area contributed by atoms with Gasteiger partial charge in [0.05, 0.1) is 7.11 Å². The van der Waals surface area contributed by atoms with E-state index in [0.29, 0.717) is 5.69 Å². The average molecular weight is 214 g/mol. The summed E-state index contributed by atoms with van der Waals surface area (Å²) in [6.07, 6.45) is 0. The lowest BCUT2D eigenvalue weighted by atomic mass is 10.2. The molecule has 0 aromatic heterocycles. The topological polar surface area (TPSA) is 40.6 Å². The summed E-state index contributed by atoms with van der Waals surface area (Å²) >= 11 is 0. The van der Waals surface area contributed by atoms with E-state index >= 15 is 0 Å². The first-order valence-corrected chi connectivity index (χ1v) is 3.89. The SMILES string of the molecule is COc1ccc([N+]#N)c(N(C)C)c1.[Cl-]. The Morgan fingerprint density at radius 2 is 2.00 bits per heavy atom. The minimum atomic E-state index is 0. The molecule has 14 heavy (non-hydrogen) atoms. The smallest absolute Gasteiger partial charge is 0.408 e. The Morgan fingerprint density at radius 1 is 1.36 bits per heavy atom. The molecule has 0 unspecified atom stereocenters. The Morgan fingerprint density at radius 3 is 2.43 bits per heavy atom. The predicted octanol–water partition coefficient (Wildman–Crippen LogP) is -0.750. The fourth-order valence-corrected chi connectivity index (χ4v) is 1.07. The molecule has 0 saturated carbocycles. The van der Waals surface area contributed by atoms with Crippen molar-refractivity contribution in [1.29, 1.82) is 5.39 Å². The summed E-state index contributed by atoms with van der Waals surface area (Å²) in [7, 11) is 5.36. The first kappa shape index (κ1) is 12.5. The minimum Gasteiger partial charge on any atom is -1.00 e. The third kappa shape index (κ3) is 2.51. The van der Waals surface area contributed by atoms with E-state index in [1.54, 1.807) is 19.2 Å². The maximum atomic E-state index is 8.69. The first-order valence-electron chi connectivity index (χ1n) is 3.89. The molecule has 1 aromatic carbocycles. The quantitative estimate of drug-likeness (QED) is 0.607. The van der Waals surface area contributed by atoms with Crippen molar-refractivity contribution in [2.24, 2.45) is 0 Å². The molecule has 0 fully saturated rings. The van der Waals surface area contributed by atoms with Gasteiger partial charge in [-0.25, -0.2) is 0 Å². The van der Waals surface area contributed by atoms with Crippen molar-refractivity contribution in [2.45, 2.75) is 0 Å². The highest BCUT2D eigenvalue weighted by Gasteiger charge is 2.15. The number of methoxy groups -OCH3 is 1. The van der Waals surface area contributed by atoms with Crippen LogP contribution in [0.5, 0.6) is 5.75 Å². The van der Waals surface area contributed by atoms with Crippen LogP contribution in [0.25, 0.3) is 4.98 Å². The molecule has 4 nitrogen and oxygen atoms in total. The lowest BCUT2D eigenvalue weighted by Gasteiger charge is -2.10. The fraction of sp³-hybridized carbons (Fsp3) is 0.333. The van der Waals surface area contributed by atoms with Gasteiger partial charge in [0, 0.05) is 26.2 Å². The number of halogens is 1. The van der Waals surface area contributed by atoms with Gasteiger partial charge >= 0.3 is 5.69 Å². The van der Waals surface area contributed by atoms with Gasteiger partial charge < -0.3 is 22.0 Å². The Bertz CT molecular complexity index is 346. The Balaban J connectivity index is 0.00000169. The molecule has 1 aromatic rings. The molecule has 0 bridgehead atoms. The molecule has 1 rings (SSSR count). The molecule has 76 valence electrons. The number of hydrogen-bond donors (Lipinski definition) is 0. The van der Waals surface area contributed by atoms with Gasteiger partial charge in [0.25, 0.3) is 0 Å². The fourth-order valence-electron chi connectivity index (χ4n) is 1.07. The van der Waals surface area contributed by atoms with E-state index in [0.717, 1.165) is 11.4 Å². The van der Waals surface area contributed by atoms with Crippen LogP contribution in [0.15, 0.2) is 18.2 Å². The molecule has 0 saturated heterocycles. The summed E-state index contributed by atoms with van der Waals surface area (Å²) in [4.78, 5) is 5.03. The largest absolute Gasteiger partial charge is 1.00 e. The molecule has 0 spiro atoms. The summed E-state index contributed by atoms with van der Waals surface area (Å²) < 4.78 is 5.05. The highest BCUT2D eigenvalue weighted by atomic mass is 35.5. The number of anilines is 1. The number of rotatable bonds is 2. The van der Waals surface area contributed by atoms with Crippen molar-refractivity contribution in [1.82, 2.24) is 0 Å². The molecule has 0 aliphatic carbocycles. The average Bonchev–Trinajstić information content (AvgIpc) is 2.16. The zero-order valence-electron chi connectivity index (χ0n) is 8.36. The van der Waals surface area contributed by atoms with Crippen LogP contribution in [0.4, 0.5) is 11.4 Å². The van der Waals surface area contributed by atoms with Crippen LogP contribution in [-0.4, -0.2) is 21.2 Å². The van der Waals surface area contributed by atoms with Crippen LogP contribution >= 0.6 is 0 Å². The van der Waals surface area contributed by atoms with E-state index in [2.05, 4.69) is 4.98 Å². The summed E-state index contributed by atoms with van der Waals surface area (Å²) in [5.41, 5.74) is 1.35. The second-order valence-electron chi connectivity index (χ2n) is 2.85. The monoisotopic (exact) mass is 213 g/mol. The lowest BCUT2D eigenvalue weighted by molar-refractivity contribution is -0.00000330. The standard InChI is InChI=1S/C9H12N3O.ClH/c1-12(2)9-6-7(13-3)4-5-8(9)11-10;/h4-6H,1-3H3;1H/q+1;/p-1. The van der Waals surface area contributed by atoms with Crippen LogP contribution < -0.4 is 22.0 Å². The molecule has 5 heteroatoms. The van der Waals surface area contributed by atoms with Crippen molar-refractivity contribution >= 4 is 11.4 Å². The predicted molar refractivity (Wildman–Crippen MR) is 52.1 cm³/mol. The minimum absolute atomic E-state index is 0. The third-order valence-electron chi connectivity index (χ3n) is 1.77. The van der Waals surface area contributed by atoms with Gasteiger partial charge in [0.15, 0.2) is 4.98 Å². The second kappa shape index (κ2) is 5.30. The van der Waals surface area contributed by atoms with E-state index in [9.17, 15) is 0 Å². The summed E-state index contributed by atoms with van der Waals surface area (Å²) in [6, 6.07) is 5.27. The third-order valence-corrected chi connectivity index (χ3v) is 1.77. The number of hydrogen-bond acceptors (Lipinski definition) is 3. The summed E-state index contributed by atoms with van der Waals surface area (Å²) in [5.74, 6) is 0.746. The first-order chi connectivity index (χ1) is 6.19. The van der Waals surface area contributed by atoms with Crippen molar-refractivity contribution in [3.05, 3.63) is 23.2 Å². The molecular formula is C9H12ClN3O. The molecule has 0 N–H and O–H groups in total. The molecule has 0 amide bonds. The van der Waals surface area contributed by atoms with E-state index in [-0.39, 0.29) is 12.4 Å². The maximum Gasteiger partial charge on any atom is 0.408 e. The summed E-state index contributed by atoms with van der Waals surface area (Å²) in [6.45, 7) is 0. The van der Waals surface area contributed by atoms with E-state index in [1.165, 1.54) is 0 Å². The lowest BCUT2D eigenvalue weighted by Crippen LogP contribution is -3.00. The van der Waals surface area contributed by atoms with Crippen molar-refractivity contribution in [2.75, 3.05) is 26.1 Å². The van der Waals surface area contributed by atoms with Crippen LogP contribution in [0.3, 0.4) is 0 Å². The Kier molecular flexibility index (Phi) is 4.74. The van der Waals surface area contributed by atoms with Crippen molar-refractivity contribution < 1.29 is 17.1 Å². The van der Waals surface area contributed by atoms with E-state index < -0.39 is 0 Å². The molecule has 0 radical (unpaired) electrons. The number of ether oxygens (including phenoxy) is 1. The summed E-state index contributed by atoms with van der Waals surface area (Å²) in [5, 5.41) is 8.69. The molecule has 0 atom stereocenters. The highest BCUT2D eigenvalue weighted by Crippen LogP contribution is 2.31. The second-order valence-corrected chi connectivity index (χ2v) is 2.85. The molecule has 0 aliphatic rings. The van der Waals surface area contributed by atoms with Crippen LogP contribution in [0.1, 0.15) is 0 Å². The maximum absolute atomic E-state index is 8.69. The Labute approximate surface area is 89.5 Å². The van der Waals surface area contributed by atoms with Gasteiger partial charge in [-0.1, -0.05) is 0 Å². The van der Waals surface area contributed by atoms with Crippen LogP contribution in [-0.2, 0) is 0 Å². The van der Waals surface area contributed by atoms with E-state index in [4.69, 9.17) is 10.1 Å². The van der Waals surface area contributed by atoms with Crippen molar-refractivity contribution in [3.8, 4) is 5.75 Å². The van der Waals surface area contributed by atoms with Gasteiger partial charge in [0.1, 0.15) is 11.4 Å².